The van der Waals surface area contributed by atoms with Crippen molar-refractivity contribution in [2.75, 3.05) is 26.2 Å². The van der Waals surface area contributed by atoms with Crippen LogP contribution < -0.4 is 0 Å². The van der Waals surface area contributed by atoms with E-state index in [1.54, 1.807) is 16.4 Å². The van der Waals surface area contributed by atoms with Gasteiger partial charge >= 0.3 is 0 Å². The van der Waals surface area contributed by atoms with E-state index < -0.39 is 10.0 Å². The minimum absolute atomic E-state index is 0.425. The second-order valence-corrected chi connectivity index (χ2v) is 11.7. The lowest BCUT2D eigenvalue weighted by Gasteiger charge is -2.47. The zero-order valence-corrected chi connectivity index (χ0v) is 22.3. The Balaban J connectivity index is 1.26. The molecule has 0 aliphatic carbocycles. The highest BCUT2D eigenvalue weighted by Crippen LogP contribution is 2.35. The van der Waals surface area contributed by atoms with E-state index in [1.165, 1.54) is 22.3 Å². The molecule has 1 saturated heterocycles. The Labute approximate surface area is 211 Å². The summed E-state index contributed by atoms with van der Waals surface area (Å²) in [5.74, 6) is 0.565. The van der Waals surface area contributed by atoms with Gasteiger partial charge in [-0.3, -0.25) is 4.90 Å². The molecule has 0 saturated carbocycles. The van der Waals surface area contributed by atoms with Crippen LogP contribution in [0.4, 0.5) is 0 Å². The summed E-state index contributed by atoms with van der Waals surface area (Å²) in [5, 5.41) is 0. The van der Waals surface area contributed by atoms with Crippen LogP contribution in [0.25, 0.3) is 11.1 Å². The van der Waals surface area contributed by atoms with Gasteiger partial charge in [-0.25, -0.2) is 8.42 Å². The molecule has 3 aromatic carbocycles. The maximum atomic E-state index is 13.1. The molecule has 1 fully saturated rings. The highest BCUT2D eigenvalue weighted by atomic mass is 32.2. The number of aryl methyl sites for hydroxylation is 2. The van der Waals surface area contributed by atoms with Crippen molar-refractivity contribution in [1.82, 2.24) is 9.21 Å². The molecule has 35 heavy (non-hydrogen) atoms. The Morgan fingerprint density at radius 1 is 0.914 bits per heavy atom. The van der Waals surface area contributed by atoms with Crippen LogP contribution in [0.1, 0.15) is 49.3 Å². The third-order valence-corrected chi connectivity index (χ3v) is 9.58. The van der Waals surface area contributed by atoms with Crippen LogP contribution in [0.2, 0.25) is 0 Å². The molecule has 4 nitrogen and oxygen atoms in total. The zero-order chi connectivity index (χ0) is 25.0. The van der Waals surface area contributed by atoms with Crippen molar-refractivity contribution < 1.29 is 8.42 Å². The first-order valence-corrected chi connectivity index (χ1v) is 14.2. The maximum absolute atomic E-state index is 13.1. The summed E-state index contributed by atoms with van der Waals surface area (Å²) in [6.07, 6.45) is 1.88. The molecule has 0 N–H and O–H groups in total. The normalized spacial score (nSPS) is 18.5. The SMILES string of the molecule is CCN(CCCCN1CC(c2ccc(-c3cccc(C)c3)cc2)C1C)S(=O)(=O)c1ccccc1C. The molecule has 5 heteroatoms. The van der Waals surface area contributed by atoms with Gasteiger partial charge in [-0.05, 0) is 68.5 Å². The first-order chi connectivity index (χ1) is 16.8. The summed E-state index contributed by atoms with van der Waals surface area (Å²) in [4.78, 5) is 2.94. The predicted octanol–water partition coefficient (Wildman–Crippen LogP) is 6.25. The monoisotopic (exact) mass is 490 g/mol. The summed E-state index contributed by atoms with van der Waals surface area (Å²) in [5.41, 5.74) is 6.03. The van der Waals surface area contributed by atoms with Gasteiger partial charge in [0.05, 0.1) is 4.90 Å². The first-order valence-electron chi connectivity index (χ1n) is 12.8. The Hall–Kier alpha value is -2.47. The molecule has 1 aliphatic rings. The van der Waals surface area contributed by atoms with Crippen LogP contribution in [0, 0.1) is 13.8 Å². The van der Waals surface area contributed by atoms with E-state index in [2.05, 4.69) is 67.3 Å². The summed E-state index contributed by atoms with van der Waals surface area (Å²) >= 11 is 0. The fourth-order valence-electron chi connectivity index (χ4n) is 5.15. The summed E-state index contributed by atoms with van der Waals surface area (Å²) in [6.45, 7) is 11.4. The first kappa shape index (κ1) is 25.6. The largest absolute Gasteiger partial charge is 0.299 e. The van der Waals surface area contributed by atoms with E-state index in [9.17, 15) is 8.42 Å². The fraction of sp³-hybridized carbons (Fsp3) is 0.400. The van der Waals surface area contributed by atoms with Gasteiger partial charge in [-0.2, -0.15) is 4.31 Å². The van der Waals surface area contributed by atoms with Gasteiger partial charge in [0.25, 0.3) is 0 Å². The van der Waals surface area contributed by atoms with Crippen molar-refractivity contribution in [3.05, 3.63) is 89.5 Å². The van der Waals surface area contributed by atoms with Crippen molar-refractivity contribution in [1.29, 1.82) is 0 Å². The van der Waals surface area contributed by atoms with Crippen molar-refractivity contribution >= 4 is 10.0 Å². The third-order valence-electron chi connectivity index (χ3n) is 7.45. The van der Waals surface area contributed by atoms with Crippen LogP contribution >= 0.6 is 0 Å². The Bertz CT molecular complexity index is 1240. The fourth-order valence-corrected chi connectivity index (χ4v) is 6.86. The highest BCUT2D eigenvalue weighted by Gasteiger charge is 2.35. The van der Waals surface area contributed by atoms with Gasteiger partial charge in [0, 0.05) is 31.6 Å². The Kier molecular flexibility index (Phi) is 8.10. The molecular weight excluding hydrogens is 452 g/mol. The van der Waals surface area contributed by atoms with Crippen LogP contribution in [0.5, 0.6) is 0 Å². The van der Waals surface area contributed by atoms with Crippen LogP contribution in [0.3, 0.4) is 0 Å². The topological polar surface area (TPSA) is 40.6 Å². The number of hydrogen-bond acceptors (Lipinski definition) is 3. The second kappa shape index (κ2) is 11.1. The van der Waals surface area contributed by atoms with Crippen molar-refractivity contribution in [3.8, 4) is 11.1 Å². The molecule has 0 bridgehead atoms. The van der Waals surface area contributed by atoms with E-state index in [-0.39, 0.29) is 0 Å². The quantitative estimate of drug-likeness (QED) is 0.316. The lowest BCUT2D eigenvalue weighted by molar-refractivity contribution is 0.0705. The molecule has 1 aliphatic heterocycles. The number of nitrogens with zero attached hydrogens (tertiary/aromatic N) is 2. The van der Waals surface area contributed by atoms with E-state index >= 15 is 0 Å². The molecule has 3 aromatic rings. The predicted molar refractivity (Wildman–Crippen MR) is 145 cm³/mol. The molecule has 186 valence electrons. The molecule has 2 unspecified atom stereocenters. The van der Waals surface area contributed by atoms with Gasteiger partial charge in [-0.1, -0.05) is 79.2 Å². The minimum atomic E-state index is -3.44. The van der Waals surface area contributed by atoms with Crippen molar-refractivity contribution in [2.24, 2.45) is 0 Å². The second-order valence-electron chi connectivity index (χ2n) is 9.80. The van der Waals surface area contributed by atoms with E-state index in [0.717, 1.165) is 31.5 Å². The number of benzene rings is 3. The minimum Gasteiger partial charge on any atom is -0.299 e. The lowest BCUT2D eigenvalue weighted by atomic mass is 9.83. The maximum Gasteiger partial charge on any atom is 0.243 e. The number of sulfonamides is 1. The molecule has 2 atom stereocenters. The van der Waals surface area contributed by atoms with E-state index in [0.29, 0.717) is 29.9 Å². The van der Waals surface area contributed by atoms with E-state index in [4.69, 9.17) is 0 Å². The number of unbranched alkanes of at least 4 members (excludes halogenated alkanes) is 1. The van der Waals surface area contributed by atoms with Crippen LogP contribution in [-0.2, 0) is 10.0 Å². The average molecular weight is 491 g/mol. The summed E-state index contributed by atoms with van der Waals surface area (Å²) < 4.78 is 27.8. The van der Waals surface area contributed by atoms with Gasteiger partial charge in [-0.15, -0.1) is 0 Å². The summed E-state index contributed by atoms with van der Waals surface area (Å²) in [7, 11) is -3.44. The van der Waals surface area contributed by atoms with Crippen molar-refractivity contribution in [2.45, 2.75) is 57.4 Å². The highest BCUT2D eigenvalue weighted by molar-refractivity contribution is 7.89. The zero-order valence-electron chi connectivity index (χ0n) is 21.4. The third kappa shape index (κ3) is 5.69. The number of hydrogen-bond donors (Lipinski definition) is 0. The molecule has 0 amide bonds. The smallest absolute Gasteiger partial charge is 0.243 e. The number of likely N-dealkylation sites (tertiary alicyclic amines) is 1. The number of rotatable bonds is 10. The standard InChI is InChI=1S/C30H38N2O2S/c1-5-32(35(33,34)30-14-7-6-12-24(30)3)20-9-8-19-31-22-29(25(31)4)27-17-15-26(16-18-27)28-13-10-11-23(2)21-28/h6-7,10-18,21,25,29H,5,8-9,19-20,22H2,1-4H3. The van der Waals surface area contributed by atoms with Gasteiger partial charge < -0.3 is 0 Å². The average Bonchev–Trinajstić information content (AvgIpc) is 2.85. The molecule has 0 spiro atoms. The Morgan fingerprint density at radius 2 is 1.66 bits per heavy atom. The summed E-state index contributed by atoms with van der Waals surface area (Å²) in [6, 6.07) is 25.5. The molecule has 4 rings (SSSR count). The van der Waals surface area contributed by atoms with Gasteiger partial charge in [0.2, 0.25) is 10.0 Å². The molecule has 1 heterocycles. The van der Waals surface area contributed by atoms with E-state index in [1.807, 2.05) is 26.0 Å². The van der Waals surface area contributed by atoms with Crippen LogP contribution in [-0.4, -0.2) is 49.8 Å². The molecule has 0 aromatic heterocycles. The Morgan fingerprint density at radius 3 is 2.31 bits per heavy atom. The van der Waals surface area contributed by atoms with Gasteiger partial charge in [0.1, 0.15) is 0 Å². The van der Waals surface area contributed by atoms with Gasteiger partial charge in [0.15, 0.2) is 0 Å². The molecule has 0 radical (unpaired) electrons. The molecular formula is C30H38N2O2S. The van der Waals surface area contributed by atoms with Crippen LogP contribution in [0.15, 0.2) is 77.7 Å². The van der Waals surface area contributed by atoms with Crippen molar-refractivity contribution in [3.63, 3.8) is 0 Å². The lowest BCUT2D eigenvalue weighted by Crippen LogP contribution is -2.53.